The van der Waals surface area contributed by atoms with Crippen molar-refractivity contribution in [3.63, 3.8) is 0 Å². The highest BCUT2D eigenvalue weighted by Gasteiger charge is 2.23. The first-order valence-corrected chi connectivity index (χ1v) is 14.8. The molecule has 6 aromatic rings. The Hall–Kier alpha value is -4.37. The highest BCUT2D eigenvalue weighted by atomic mass is 35.5. The zero-order valence-electron chi connectivity index (χ0n) is 24.4. The monoisotopic (exact) mass is 628 g/mol. The van der Waals surface area contributed by atoms with E-state index in [0.29, 0.717) is 51.0 Å². The molecule has 44 heavy (non-hydrogen) atoms. The molecule has 0 aliphatic carbocycles. The lowest BCUT2D eigenvalue weighted by Gasteiger charge is -2.30. The molecule has 0 spiro atoms. The maximum Gasteiger partial charge on any atom is 0.344 e. The van der Waals surface area contributed by atoms with Gasteiger partial charge < -0.3 is 25.2 Å². The molecule has 2 aromatic heterocycles. The number of phenols is 1. The minimum Gasteiger partial charge on any atom is -0.508 e. The predicted octanol–water partition coefficient (Wildman–Crippen LogP) is 7.92. The standard InChI is InChI=1S/C34H30Cl2N4O4/c1-34(2,3)44-31(42)18-43-22-7-11-28-26(17-22)33(24-9-5-20(36)15-30(24)39-28)40(13-12-37)32-23-8-4-19(35)14-29(23)38-27-10-6-21(41)16-25(27)32/h4-11,14-17,41H,12-13,18,37H2,1-3H3. The molecule has 6 rings (SSSR count). The fourth-order valence-electron chi connectivity index (χ4n) is 5.41. The van der Waals surface area contributed by atoms with Crippen LogP contribution in [-0.2, 0) is 9.53 Å². The van der Waals surface area contributed by atoms with Crippen LogP contribution in [0.3, 0.4) is 0 Å². The molecule has 3 N–H and O–H groups in total. The summed E-state index contributed by atoms with van der Waals surface area (Å²) in [5.41, 5.74) is 10.0. The molecule has 0 saturated heterocycles. The van der Waals surface area contributed by atoms with Crippen LogP contribution in [0, 0.1) is 0 Å². The van der Waals surface area contributed by atoms with Gasteiger partial charge in [-0.2, -0.15) is 0 Å². The molecule has 224 valence electrons. The van der Waals surface area contributed by atoms with Crippen LogP contribution in [0.5, 0.6) is 11.5 Å². The number of hydrogen-bond donors (Lipinski definition) is 2. The van der Waals surface area contributed by atoms with Gasteiger partial charge in [0.1, 0.15) is 17.1 Å². The van der Waals surface area contributed by atoms with Gasteiger partial charge in [-0.05, 0) is 93.6 Å². The van der Waals surface area contributed by atoms with E-state index in [4.69, 9.17) is 48.4 Å². The molecule has 2 heterocycles. The first-order valence-electron chi connectivity index (χ1n) is 14.1. The number of nitrogens with zero attached hydrogens (tertiary/aromatic N) is 3. The lowest BCUT2D eigenvalue weighted by atomic mass is 10.0. The number of rotatable bonds is 7. The van der Waals surface area contributed by atoms with E-state index in [1.165, 1.54) is 0 Å². The Morgan fingerprint density at radius 1 is 0.795 bits per heavy atom. The third kappa shape index (κ3) is 5.88. The van der Waals surface area contributed by atoms with Crippen molar-refractivity contribution in [3.05, 3.63) is 82.8 Å². The van der Waals surface area contributed by atoms with E-state index >= 15 is 0 Å². The van der Waals surface area contributed by atoms with Gasteiger partial charge in [0.15, 0.2) is 6.61 Å². The molecule has 0 fully saturated rings. The Balaban J connectivity index is 1.63. The van der Waals surface area contributed by atoms with E-state index in [-0.39, 0.29) is 12.4 Å². The van der Waals surface area contributed by atoms with Crippen molar-refractivity contribution in [1.82, 2.24) is 9.97 Å². The molecule has 0 amide bonds. The number of fused-ring (bicyclic) bond motifs is 4. The summed E-state index contributed by atoms with van der Waals surface area (Å²) in [5, 5.41) is 14.8. The van der Waals surface area contributed by atoms with Crippen molar-refractivity contribution in [3.8, 4) is 11.5 Å². The highest BCUT2D eigenvalue weighted by Crippen LogP contribution is 2.45. The van der Waals surface area contributed by atoms with E-state index < -0.39 is 11.6 Å². The van der Waals surface area contributed by atoms with Gasteiger partial charge in [0.2, 0.25) is 0 Å². The predicted molar refractivity (Wildman–Crippen MR) is 178 cm³/mol. The summed E-state index contributed by atoms with van der Waals surface area (Å²) in [7, 11) is 0. The van der Waals surface area contributed by atoms with Gasteiger partial charge in [0.05, 0.1) is 33.4 Å². The summed E-state index contributed by atoms with van der Waals surface area (Å²) in [5.74, 6) is 0.110. The molecule has 0 radical (unpaired) electrons. The van der Waals surface area contributed by atoms with Gasteiger partial charge in [0.25, 0.3) is 0 Å². The third-order valence-electron chi connectivity index (χ3n) is 7.04. The van der Waals surface area contributed by atoms with Crippen LogP contribution >= 0.6 is 23.2 Å². The van der Waals surface area contributed by atoms with E-state index in [9.17, 15) is 9.90 Å². The minimum absolute atomic E-state index is 0.107. The van der Waals surface area contributed by atoms with Crippen molar-refractivity contribution < 1.29 is 19.4 Å². The van der Waals surface area contributed by atoms with Crippen LogP contribution in [-0.4, -0.2) is 46.3 Å². The number of carbonyl (C=O) groups is 1. The Kier molecular flexibility index (Phi) is 7.84. The van der Waals surface area contributed by atoms with Crippen LogP contribution in [0.2, 0.25) is 10.0 Å². The second kappa shape index (κ2) is 11.6. The number of aromatic nitrogens is 2. The van der Waals surface area contributed by atoms with E-state index in [0.717, 1.165) is 32.9 Å². The fourth-order valence-corrected chi connectivity index (χ4v) is 5.74. The molecule has 4 aromatic carbocycles. The quantitative estimate of drug-likeness (QED) is 0.135. The SMILES string of the molecule is CC(C)(C)OC(=O)COc1ccc2nc3cc(Cl)ccc3c(N(CCN)c3c4ccc(Cl)cc4nc4ccc(O)cc34)c2c1. The third-order valence-corrected chi connectivity index (χ3v) is 7.51. The van der Waals surface area contributed by atoms with Crippen LogP contribution in [0.15, 0.2) is 72.8 Å². The fraction of sp³-hybridized carbons (Fsp3) is 0.206. The van der Waals surface area contributed by atoms with Crippen LogP contribution in [0.4, 0.5) is 11.4 Å². The summed E-state index contributed by atoms with van der Waals surface area (Å²) in [4.78, 5) is 24.3. The van der Waals surface area contributed by atoms with Gasteiger partial charge in [0, 0.05) is 44.7 Å². The first-order chi connectivity index (χ1) is 21.0. The Labute approximate surface area is 263 Å². The largest absolute Gasteiger partial charge is 0.508 e. The number of esters is 1. The van der Waals surface area contributed by atoms with Crippen molar-refractivity contribution in [2.45, 2.75) is 26.4 Å². The lowest BCUT2D eigenvalue weighted by Crippen LogP contribution is -2.27. The van der Waals surface area contributed by atoms with E-state index in [2.05, 4.69) is 4.90 Å². The number of hydrogen-bond acceptors (Lipinski definition) is 8. The van der Waals surface area contributed by atoms with Crippen LogP contribution in [0.25, 0.3) is 43.6 Å². The highest BCUT2D eigenvalue weighted by molar-refractivity contribution is 6.32. The zero-order valence-corrected chi connectivity index (χ0v) is 25.9. The topological polar surface area (TPSA) is 111 Å². The Morgan fingerprint density at radius 2 is 1.36 bits per heavy atom. The number of halogens is 2. The molecule has 0 atom stereocenters. The number of phenolic OH excluding ortho intramolecular Hbond substituents is 1. The average Bonchev–Trinajstić information content (AvgIpc) is 2.96. The molecule has 0 aliphatic rings. The molecule has 8 nitrogen and oxygen atoms in total. The van der Waals surface area contributed by atoms with Crippen molar-refractivity contribution in [2.75, 3.05) is 24.6 Å². The number of benzene rings is 4. The summed E-state index contributed by atoms with van der Waals surface area (Å²) in [6.07, 6.45) is 0. The van der Waals surface area contributed by atoms with Crippen LogP contribution in [0.1, 0.15) is 20.8 Å². The van der Waals surface area contributed by atoms with Crippen molar-refractivity contribution in [2.24, 2.45) is 5.73 Å². The molecule has 10 heteroatoms. The molecular weight excluding hydrogens is 599 g/mol. The maximum atomic E-state index is 12.4. The number of anilines is 2. The van der Waals surface area contributed by atoms with E-state index in [1.54, 1.807) is 24.3 Å². The molecular formula is C34H30Cl2N4O4. The number of nitrogens with two attached hydrogens (primary N) is 1. The van der Waals surface area contributed by atoms with Crippen molar-refractivity contribution in [1.29, 1.82) is 0 Å². The number of ether oxygens (including phenoxy) is 2. The smallest absolute Gasteiger partial charge is 0.344 e. The number of carbonyl (C=O) groups excluding carboxylic acids is 1. The summed E-state index contributed by atoms with van der Waals surface area (Å²) < 4.78 is 11.3. The normalized spacial score (nSPS) is 11.9. The summed E-state index contributed by atoms with van der Waals surface area (Å²) >= 11 is 12.8. The summed E-state index contributed by atoms with van der Waals surface area (Å²) in [6, 6.07) is 21.7. The lowest BCUT2D eigenvalue weighted by molar-refractivity contribution is -0.157. The van der Waals surface area contributed by atoms with Gasteiger partial charge in [-0.3, -0.25) is 0 Å². The van der Waals surface area contributed by atoms with Gasteiger partial charge in [-0.15, -0.1) is 0 Å². The van der Waals surface area contributed by atoms with Gasteiger partial charge in [-0.25, -0.2) is 14.8 Å². The van der Waals surface area contributed by atoms with Crippen LogP contribution < -0.4 is 15.4 Å². The molecule has 0 aliphatic heterocycles. The molecule has 0 saturated carbocycles. The molecule has 0 bridgehead atoms. The number of aromatic hydroxyl groups is 1. The Morgan fingerprint density at radius 3 is 1.93 bits per heavy atom. The molecule has 0 unspecified atom stereocenters. The maximum absolute atomic E-state index is 12.4. The van der Waals surface area contributed by atoms with E-state index in [1.807, 2.05) is 69.3 Å². The average molecular weight is 630 g/mol. The first kappa shape index (κ1) is 29.7. The van der Waals surface area contributed by atoms with Gasteiger partial charge >= 0.3 is 5.97 Å². The van der Waals surface area contributed by atoms with Gasteiger partial charge in [-0.1, -0.05) is 23.2 Å². The second-order valence-corrected chi connectivity index (χ2v) is 12.3. The second-order valence-electron chi connectivity index (χ2n) is 11.4. The Bertz CT molecular complexity index is 2080. The zero-order chi connectivity index (χ0) is 31.2. The number of pyridine rings is 2. The summed E-state index contributed by atoms with van der Waals surface area (Å²) in [6.45, 7) is 5.89. The minimum atomic E-state index is -0.626. The van der Waals surface area contributed by atoms with Crippen molar-refractivity contribution >= 4 is 84.2 Å².